The van der Waals surface area contributed by atoms with Crippen molar-refractivity contribution in [1.29, 1.82) is 0 Å². The second kappa shape index (κ2) is 8.01. The van der Waals surface area contributed by atoms with Gasteiger partial charge in [-0.05, 0) is 41.5 Å². The molecule has 0 aliphatic heterocycles. The number of aromatic nitrogens is 1. The molecular weight excluding hydrogens is 348 g/mol. The van der Waals surface area contributed by atoms with Crippen molar-refractivity contribution in [2.45, 2.75) is 5.92 Å². The number of H-pyrrole nitrogens is 1. The lowest BCUT2D eigenvalue weighted by Gasteiger charge is -2.18. The molecule has 1 aromatic heterocycles. The molecule has 0 radical (unpaired) electrons. The summed E-state index contributed by atoms with van der Waals surface area (Å²) in [5, 5.41) is 4.27. The highest BCUT2D eigenvalue weighted by molar-refractivity contribution is 5.94. The Morgan fingerprint density at radius 3 is 2.43 bits per heavy atom. The Labute approximate surface area is 164 Å². The van der Waals surface area contributed by atoms with E-state index in [-0.39, 0.29) is 11.8 Å². The molecule has 140 valence electrons. The number of carbonyl (C=O) groups excluding carboxylic acids is 1. The first-order valence-corrected chi connectivity index (χ1v) is 9.29. The summed E-state index contributed by atoms with van der Waals surface area (Å²) in [7, 11) is 1.61. The van der Waals surface area contributed by atoms with Gasteiger partial charge in [-0.3, -0.25) is 4.79 Å². The number of aromatic amines is 1. The maximum absolute atomic E-state index is 12.7. The van der Waals surface area contributed by atoms with E-state index in [4.69, 9.17) is 4.74 Å². The van der Waals surface area contributed by atoms with E-state index in [9.17, 15) is 4.79 Å². The minimum atomic E-state index is -0.0941. The van der Waals surface area contributed by atoms with Gasteiger partial charge in [-0.25, -0.2) is 0 Å². The van der Waals surface area contributed by atoms with Crippen LogP contribution in [-0.2, 0) is 0 Å². The van der Waals surface area contributed by atoms with Crippen LogP contribution in [0.25, 0.3) is 10.9 Å². The molecule has 4 aromatic rings. The Balaban J connectivity index is 1.60. The fraction of sp³-hybridized carbons (Fsp3) is 0.125. The van der Waals surface area contributed by atoms with Gasteiger partial charge >= 0.3 is 0 Å². The summed E-state index contributed by atoms with van der Waals surface area (Å²) in [6.45, 7) is 0.511. The molecule has 0 bridgehead atoms. The van der Waals surface area contributed by atoms with Gasteiger partial charge in [0.15, 0.2) is 0 Å². The van der Waals surface area contributed by atoms with Gasteiger partial charge in [-0.15, -0.1) is 0 Å². The van der Waals surface area contributed by atoms with Crippen molar-refractivity contribution < 1.29 is 9.53 Å². The quantitative estimate of drug-likeness (QED) is 0.515. The Hall–Kier alpha value is -3.53. The van der Waals surface area contributed by atoms with Gasteiger partial charge in [-0.1, -0.05) is 48.5 Å². The third-order valence-electron chi connectivity index (χ3n) is 5.02. The number of carbonyl (C=O) groups is 1. The molecule has 28 heavy (non-hydrogen) atoms. The third kappa shape index (κ3) is 3.62. The van der Waals surface area contributed by atoms with Gasteiger partial charge in [-0.2, -0.15) is 0 Å². The minimum Gasteiger partial charge on any atom is -0.497 e. The molecule has 0 spiro atoms. The molecule has 4 heteroatoms. The van der Waals surface area contributed by atoms with Gasteiger partial charge in [0.25, 0.3) is 5.91 Å². The van der Waals surface area contributed by atoms with Crippen molar-refractivity contribution in [3.8, 4) is 5.75 Å². The SMILES string of the molecule is COc1ccc(C(=O)NC[C@H](c2ccccc2)c2c[nH]c3ccccc23)cc1. The summed E-state index contributed by atoms with van der Waals surface area (Å²) >= 11 is 0. The van der Waals surface area contributed by atoms with Crippen LogP contribution >= 0.6 is 0 Å². The number of hydrogen-bond donors (Lipinski definition) is 2. The van der Waals surface area contributed by atoms with Crippen LogP contribution in [0.3, 0.4) is 0 Å². The topological polar surface area (TPSA) is 54.1 Å². The number of ether oxygens (including phenoxy) is 1. The Morgan fingerprint density at radius 1 is 0.964 bits per heavy atom. The van der Waals surface area contributed by atoms with Crippen LogP contribution in [0.2, 0.25) is 0 Å². The fourth-order valence-corrected chi connectivity index (χ4v) is 3.51. The van der Waals surface area contributed by atoms with Gasteiger partial charge in [0.2, 0.25) is 0 Å². The molecule has 0 saturated heterocycles. The summed E-state index contributed by atoms with van der Waals surface area (Å²) in [4.78, 5) is 16.0. The van der Waals surface area contributed by atoms with Crippen molar-refractivity contribution >= 4 is 16.8 Å². The number of benzene rings is 3. The van der Waals surface area contributed by atoms with Crippen LogP contribution in [0.4, 0.5) is 0 Å². The predicted octanol–water partition coefficient (Wildman–Crippen LogP) is 4.74. The molecule has 0 aliphatic rings. The lowest BCUT2D eigenvalue weighted by molar-refractivity contribution is 0.0952. The van der Waals surface area contributed by atoms with Crippen LogP contribution in [0.15, 0.2) is 85.1 Å². The molecule has 2 N–H and O–H groups in total. The summed E-state index contributed by atoms with van der Waals surface area (Å²) in [5.74, 6) is 0.695. The zero-order valence-corrected chi connectivity index (χ0v) is 15.7. The van der Waals surface area contributed by atoms with Crippen molar-refractivity contribution in [2.75, 3.05) is 13.7 Å². The summed E-state index contributed by atoms with van der Waals surface area (Å²) in [5.41, 5.74) is 4.06. The zero-order chi connectivity index (χ0) is 19.3. The number of para-hydroxylation sites is 1. The normalized spacial score (nSPS) is 11.9. The number of methoxy groups -OCH3 is 1. The average molecular weight is 370 g/mol. The number of amides is 1. The van der Waals surface area contributed by atoms with E-state index in [1.807, 2.05) is 36.5 Å². The van der Waals surface area contributed by atoms with Gasteiger partial charge < -0.3 is 15.0 Å². The number of rotatable bonds is 6. The lowest BCUT2D eigenvalue weighted by Crippen LogP contribution is -2.28. The monoisotopic (exact) mass is 370 g/mol. The van der Waals surface area contributed by atoms with E-state index in [1.165, 1.54) is 16.5 Å². The number of nitrogens with one attached hydrogen (secondary N) is 2. The second-order valence-corrected chi connectivity index (χ2v) is 6.69. The second-order valence-electron chi connectivity index (χ2n) is 6.69. The number of fused-ring (bicyclic) bond motifs is 1. The molecule has 4 rings (SSSR count). The molecule has 1 amide bonds. The lowest BCUT2D eigenvalue weighted by atomic mass is 9.91. The largest absolute Gasteiger partial charge is 0.497 e. The van der Waals surface area contributed by atoms with E-state index in [1.54, 1.807) is 31.4 Å². The zero-order valence-electron chi connectivity index (χ0n) is 15.7. The molecule has 0 fully saturated rings. The molecule has 4 nitrogen and oxygen atoms in total. The van der Waals surface area contributed by atoms with Crippen LogP contribution < -0.4 is 10.1 Å². The highest BCUT2D eigenvalue weighted by Crippen LogP contribution is 2.30. The highest BCUT2D eigenvalue weighted by Gasteiger charge is 2.19. The molecule has 1 atom stereocenters. The standard InChI is InChI=1S/C24H22N2O2/c1-28-19-13-11-18(12-14-19)24(27)26-15-21(17-7-3-2-4-8-17)22-16-25-23-10-6-5-9-20(22)23/h2-14,16,21,25H,15H2,1H3,(H,26,27)/t21-/m1/s1. The van der Waals surface area contributed by atoms with Crippen molar-refractivity contribution in [3.63, 3.8) is 0 Å². The summed E-state index contributed by atoms with van der Waals surface area (Å²) in [6.07, 6.45) is 2.04. The fourth-order valence-electron chi connectivity index (χ4n) is 3.51. The van der Waals surface area contributed by atoms with Crippen molar-refractivity contribution in [3.05, 3.63) is 102 Å². The van der Waals surface area contributed by atoms with E-state index in [2.05, 4.69) is 34.6 Å². The van der Waals surface area contributed by atoms with Crippen molar-refractivity contribution in [2.24, 2.45) is 0 Å². The van der Waals surface area contributed by atoms with Crippen LogP contribution in [0.1, 0.15) is 27.4 Å². The first-order chi connectivity index (χ1) is 13.8. The first kappa shape index (κ1) is 17.9. The van der Waals surface area contributed by atoms with Gasteiger partial charge in [0.1, 0.15) is 5.75 Å². The van der Waals surface area contributed by atoms with Crippen LogP contribution in [-0.4, -0.2) is 24.5 Å². The van der Waals surface area contributed by atoms with Gasteiger partial charge in [0, 0.05) is 35.1 Å². The Morgan fingerprint density at radius 2 is 1.68 bits per heavy atom. The summed E-state index contributed by atoms with van der Waals surface area (Å²) < 4.78 is 5.16. The molecule has 0 aliphatic carbocycles. The van der Waals surface area contributed by atoms with E-state index >= 15 is 0 Å². The van der Waals surface area contributed by atoms with Crippen molar-refractivity contribution in [1.82, 2.24) is 10.3 Å². The van der Waals surface area contributed by atoms with E-state index in [0.717, 1.165) is 11.3 Å². The maximum atomic E-state index is 12.7. The molecule has 0 saturated carbocycles. The van der Waals surface area contributed by atoms with Gasteiger partial charge in [0.05, 0.1) is 7.11 Å². The highest BCUT2D eigenvalue weighted by atomic mass is 16.5. The molecular formula is C24H22N2O2. The van der Waals surface area contributed by atoms with Crippen LogP contribution in [0.5, 0.6) is 5.75 Å². The van der Waals surface area contributed by atoms with E-state index in [0.29, 0.717) is 12.1 Å². The first-order valence-electron chi connectivity index (χ1n) is 9.29. The summed E-state index contributed by atoms with van der Waals surface area (Å²) in [6, 6.07) is 25.7. The Bertz CT molecular complexity index is 1070. The average Bonchev–Trinajstić information content (AvgIpc) is 3.19. The maximum Gasteiger partial charge on any atom is 0.251 e. The van der Waals surface area contributed by atoms with E-state index < -0.39 is 0 Å². The van der Waals surface area contributed by atoms with Crippen LogP contribution in [0, 0.1) is 0 Å². The molecule has 1 heterocycles. The minimum absolute atomic E-state index is 0.0551. The Kier molecular flexibility index (Phi) is 5.11. The predicted molar refractivity (Wildman–Crippen MR) is 112 cm³/mol. The molecule has 3 aromatic carbocycles. The number of hydrogen-bond acceptors (Lipinski definition) is 2. The smallest absolute Gasteiger partial charge is 0.251 e. The molecule has 0 unspecified atom stereocenters. The third-order valence-corrected chi connectivity index (χ3v) is 5.02.